The molecule has 21 heavy (non-hydrogen) atoms. The van der Waals surface area contributed by atoms with Gasteiger partial charge in [0.05, 0.1) is 17.2 Å². The van der Waals surface area contributed by atoms with Gasteiger partial charge in [-0.3, -0.25) is 0 Å². The Bertz CT molecular complexity index is 634. The van der Waals surface area contributed by atoms with Gasteiger partial charge in [0.2, 0.25) is 0 Å². The largest absolute Gasteiger partial charge is 0.496 e. The van der Waals surface area contributed by atoms with Crippen LogP contribution in [0.2, 0.25) is 10.0 Å². The fourth-order valence-corrected chi connectivity index (χ4v) is 2.62. The second-order valence-electron chi connectivity index (χ2n) is 4.77. The highest BCUT2D eigenvalue weighted by Crippen LogP contribution is 2.31. The number of methoxy groups -OCH3 is 1. The van der Waals surface area contributed by atoms with Crippen molar-refractivity contribution in [2.75, 3.05) is 13.7 Å². The van der Waals surface area contributed by atoms with E-state index in [1.54, 1.807) is 25.3 Å². The highest BCUT2D eigenvalue weighted by atomic mass is 35.5. The molecule has 1 unspecified atom stereocenters. The maximum absolute atomic E-state index is 13.5. The topological polar surface area (TPSA) is 35.2 Å². The fourth-order valence-electron chi connectivity index (χ4n) is 2.30. The standard InChI is InChI=1S/C16H16Cl2FNO/c1-21-16-5-3-12(19)8-13(16)11(9-20)6-10-2-4-14(17)15(18)7-10/h2-5,7-8,11H,6,9,20H2,1H3. The zero-order valence-corrected chi connectivity index (χ0v) is 13.1. The van der Waals surface area contributed by atoms with Gasteiger partial charge >= 0.3 is 0 Å². The number of nitrogens with two attached hydrogens (primary N) is 1. The Morgan fingerprint density at radius 3 is 2.52 bits per heavy atom. The van der Waals surface area contributed by atoms with Crippen molar-refractivity contribution < 1.29 is 9.13 Å². The molecule has 0 aliphatic rings. The summed E-state index contributed by atoms with van der Waals surface area (Å²) in [6.45, 7) is 0.375. The third-order valence-corrected chi connectivity index (χ3v) is 4.12. The van der Waals surface area contributed by atoms with Crippen molar-refractivity contribution in [3.63, 3.8) is 0 Å². The number of hydrogen-bond donors (Lipinski definition) is 1. The zero-order chi connectivity index (χ0) is 15.4. The van der Waals surface area contributed by atoms with E-state index < -0.39 is 0 Å². The molecule has 0 spiro atoms. The molecule has 0 heterocycles. The normalized spacial score (nSPS) is 12.2. The first-order valence-corrected chi connectivity index (χ1v) is 7.28. The second kappa shape index (κ2) is 7.12. The monoisotopic (exact) mass is 327 g/mol. The molecule has 0 saturated heterocycles. The lowest BCUT2D eigenvalue weighted by Gasteiger charge is -2.19. The van der Waals surface area contributed by atoms with Crippen LogP contribution in [-0.4, -0.2) is 13.7 Å². The summed E-state index contributed by atoms with van der Waals surface area (Å²) in [5.41, 5.74) is 7.60. The van der Waals surface area contributed by atoms with Crippen molar-refractivity contribution in [3.05, 3.63) is 63.4 Å². The number of ether oxygens (including phenoxy) is 1. The first kappa shape index (κ1) is 16.1. The molecule has 2 N–H and O–H groups in total. The van der Waals surface area contributed by atoms with Gasteiger partial charge < -0.3 is 10.5 Å². The molecule has 0 aliphatic heterocycles. The van der Waals surface area contributed by atoms with E-state index in [2.05, 4.69) is 0 Å². The van der Waals surface area contributed by atoms with Crippen molar-refractivity contribution in [2.24, 2.45) is 5.73 Å². The molecule has 0 radical (unpaired) electrons. The van der Waals surface area contributed by atoms with Crippen LogP contribution in [0.4, 0.5) is 4.39 Å². The Balaban J connectivity index is 2.31. The molecule has 0 bridgehead atoms. The van der Waals surface area contributed by atoms with Gasteiger partial charge in [-0.05, 0) is 48.9 Å². The molecular formula is C16H16Cl2FNO. The summed E-state index contributed by atoms with van der Waals surface area (Å²) in [5, 5.41) is 1.00. The SMILES string of the molecule is COc1ccc(F)cc1C(CN)Cc1ccc(Cl)c(Cl)c1. The molecule has 5 heteroatoms. The lowest BCUT2D eigenvalue weighted by atomic mass is 9.91. The van der Waals surface area contributed by atoms with Crippen molar-refractivity contribution in [1.82, 2.24) is 0 Å². The van der Waals surface area contributed by atoms with Gasteiger partial charge in [-0.1, -0.05) is 29.3 Å². The Labute approximate surface area is 133 Å². The smallest absolute Gasteiger partial charge is 0.123 e. The van der Waals surface area contributed by atoms with E-state index in [4.69, 9.17) is 33.7 Å². The summed E-state index contributed by atoms with van der Waals surface area (Å²) in [4.78, 5) is 0. The lowest BCUT2D eigenvalue weighted by Crippen LogP contribution is -2.16. The number of benzene rings is 2. The number of halogens is 3. The van der Waals surface area contributed by atoms with Gasteiger partial charge in [0, 0.05) is 11.5 Å². The van der Waals surface area contributed by atoms with Gasteiger partial charge in [-0.2, -0.15) is 0 Å². The number of hydrogen-bond acceptors (Lipinski definition) is 2. The van der Waals surface area contributed by atoms with Crippen molar-refractivity contribution in [2.45, 2.75) is 12.3 Å². The van der Waals surface area contributed by atoms with Gasteiger partial charge in [0.25, 0.3) is 0 Å². The molecule has 1 atom stereocenters. The van der Waals surface area contributed by atoms with E-state index in [1.807, 2.05) is 6.07 Å². The molecule has 0 saturated carbocycles. The average Bonchev–Trinajstić information content (AvgIpc) is 2.48. The summed E-state index contributed by atoms with van der Waals surface area (Å²) < 4.78 is 18.8. The molecule has 0 fully saturated rings. The van der Waals surface area contributed by atoms with Crippen molar-refractivity contribution in [3.8, 4) is 5.75 Å². The van der Waals surface area contributed by atoms with Gasteiger partial charge in [-0.25, -0.2) is 4.39 Å². The van der Waals surface area contributed by atoms with Crippen LogP contribution in [-0.2, 0) is 6.42 Å². The summed E-state index contributed by atoms with van der Waals surface area (Å²) in [6, 6.07) is 9.89. The number of rotatable bonds is 5. The molecule has 0 aromatic heterocycles. The molecule has 0 aliphatic carbocycles. The Morgan fingerprint density at radius 2 is 1.90 bits per heavy atom. The van der Waals surface area contributed by atoms with Crippen LogP contribution < -0.4 is 10.5 Å². The fraction of sp³-hybridized carbons (Fsp3) is 0.250. The van der Waals surface area contributed by atoms with Crippen LogP contribution in [0.25, 0.3) is 0 Å². The van der Waals surface area contributed by atoms with E-state index in [1.165, 1.54) is 12.1 Å². The highest BCUT2D eigenvalue weighted by Gasteiger charge is 2.17. The average molecular weight is 328 g/mol. The quantitative estimate of drug-likeness (QED) is 0.881. The summed E-state index contributed by atoms with van der Waals surface area (Å²) >= 11 is 11.9. The Morgan fingerprint density at radius 1 is 1.14 bits per heavy atom. The van der Waals surface area contributed by atoms with Crippen molar-refractivity contribution in [1.29, 1.82) is 0 Å². The Kier molecular flexibility index (Phi) is 5.45. The van der Waals surface area contributed by atoms with E-state index in [0.717, 1.165) is 11.1 Å². The molecule has 2 nitrogen and oxygen atoms in total. The first-order chi connectivity index (χ1) is 10.0. The predicted octanol–water partition coefficient (Wildman–Crippen LogP) is 4.43. The maximum Gasteiger partial charge on any atom is 0.123 e. The minimum Gasteiger partial charge on any atom is -0.496 e. The summed E-state index contributed by atoms with van der Waals surface area (Å²) in [7, 11) is 1.56. The Hall–Kier alpha value is -1.29. The van der Waals surface area contributed by atoms with Gasteiger partial charge in [0.15, 0.2) is 0 Å². The maximum atomic E-state index is 13.5. The molecular weight excluding hydrogens is 312 g/mol. The van der Waals surface area contributed by atoms with E-state index >= 15 is 0 Å². The van der Waals surface area contributed by atoms with E-state index in [9.17, 15) is 4.39 Å². The lowest BCUT2D eigenvalue weighted by molar-refractivity contribution is 0.403. The van der Waals surface area contributed by atoms with E-state index in [0.29, 0.717) is 28.8 Å². The minimum absolute atomic E-state index is 0.0621. The van der Waals surface area contributed by atoms with Crippen LogP contribution in [0.3, 0.4) is 0 Å². The molecule has 112 valence electrons. The van der Waals surface area contributed by atoms with Crippen LogP contribution in [0, 0.1) is 5.82 Å². The van der Waals surface area contributed by atoms with Crippen LogP contribution in [0.1, 0.15) is 17.0 Å². The van der Waals surface area contributed by atoms with Crippen molar-refractivity contribution >= 4 is 23.2 Å². The zero-order valence-electron chi connectivity index (χ0n) is 11.6. The first-order valence-electron chi connectivity index (χ1n) is 6.52. The molecule has 0 amide bonds. The minimum atomic E-state index is -0.307. The molecule has 2 rings (SSSR count). The third kappa shape index (κ3) is 3.88. The van der Waals surface area contributed by atoms with Crippen LogP contribution in [0.15, 0.2) is 36.4 Å². The predicted molar refractivity (Wildman–Crippen MR) is 84.9 cm³/mol. The second-order valence-corrected chi connectivity index (χ2v) is 5.59. The van der Waals surface area contributed by atoms with Gasteiger partial charge in [-0.15, -0.1) is 0 Å². The van der Waals surface area contributed by atoms with Crippen LogP contribution >= 0.6 is 23.2 Å². The third-order valence-electron chi connectivity index (χ3n) is 3.38. The highest BCUT2D eigenvalue weighted by molar-refractivity contribution is 6.42. The van der Waals surface area contributed by atoms with Gasteiger partial charge in [0.1, 0.15) is 11.6 Å². The summed E-state index contributed by atoms with van der Waals surface area (Å²) in [5.74, 6) is 0.262. The molecule has 2 aromatic rings. The van der Waals surface area contributed by atoms with E-state index in [-0.39, 0.29) is 11.7 Å². The molecule has 2 aromatic carbocycles. The summed E-state index contributed by atoms with van der Waals surface area (Å²) in [6.07, 6.45) is 0.632. The van der Waals surface area contributed by atoms with Crippen LogP contribution in [0.5, 0.6) is 5.75 Å².